The van der Waals surface area contributed by atoms with Crippen LogP contribution in [0.1, 0.15) is 54.9 Å². The molecule has 0 aromatic rings. The minimum atomic E-state index is -2.73. The molecule has 20 heavy (non-hydrogen) atoms. The maximum atomic E-state index is 6.09. The maximum Gasteiger partial charge on any atom is 0.501 e. The van der Waals surface area contributed by atoms with Crippen molar-refractivity contribution in [3.8, 4) is 0 Å². The molecule has 0 aliphatic rings. The lowest BCUT2D eigenvalue weighted by Gasteiger charge is -2.35. The molecule has 6 heteroatoms. The van der Waals surface area contributed by atoms with Crippen molar-refractivity contribution in [2.75, 3.05) is 0 Å². The first kappa shape index (κ1) is 20.0. The van der Waals surface area contributed by atoms with Gasteiger partial charge in [0.1, 0.15) is 0 Å². The van der Waals surface area contributed by atoms with Gasteiger partial charge in [-0.05, 0) is 54.9 Å². The predicted octanol–water partition coefficient (Wildman–Crippen LogP) is 2.26. The molecule has 5 nitrogen and oxygen atoms in total. The van der Waals surface area contributed by atoms with Crippen molar-refractivity contribution in [3.63, 3.8) is 0 Å². The molecule has 2 unspecified atom stereocenters. The van der Waals surface area contributed by atoms with Crippen LogP contribution in [-0.2, 0) is 13.3 Å². The van der Waals surface area contributed by atoms with Gasteiger partial charge >= 0.3 is 8.80 Å². The van der Waals surface area contributed by atoms with Gasteiger partial charge in [0.15, 0.2) is 0 Å². The second-order valence-corrected chi connectivity index (χ2v) is 8.82. The van der Waals surface area contributed by atoms with Crippen LogP contribution in [0.3, 0.4) is 0 Å². The van der Waals surface area contributed by atoms with Crippen LogP contribution in [0.5, 0.6) is 0 Å². The van der Waals surface area contributed by atoms with E-state index in [0.717, 1.165) is 6.42 Å². The van der Waals surface area contributed by atoms with Crippen molar-refractivity contribution in [2.45, 2.75) is 91.3 Å². The molecule has 0 spiro atoms. The molecule has 0 rings (SSSR count). The van der Waals surface area contributed by atoms with Crippen molar-refractivity contribution >= 4 is 8.80 Å². The van der Waals surface area contributed by atoms with Crippen LogP contribution in [-0.4, -0.2) is 39.2 Å². The Morgan fingerprint density at radius 1 is 0.750 bits per heavy atom. The Labute approximate surface area is 125 Å². The first-order valence-corrected chi connectivity index (χ1v) is 9.55. The van der Waals surface area contributed by atoms with Crippen molar-refractivity contribution in [1.82, 2.24) is 0 Å². The highest BCUT2D eigenvalue weighted by Gasteiger charge is 2.44. The monoisotopic (exact) mass is 306 g/mol. The average molecular weight is 307 g/mol. The van der Waals surface area contributed by atoms with Gasteiger partial charge in [-0.2, -0.15) is 0 Å². The third kappa shape index (κ3) is 8.34. The molecule has 0 saturated carbocycles. The Morgan fingerprint density at radius 3 is 1.35 bits per heavy atom. The lowest BCUT2D eigenvalue weighted by molar-refractivity contribution is 0.00250. The van der Waals surface area contributed by atoms with Crippen LogP contribution < -0.4 is 11.5 Å². The number of rotatable bonds is 10. The molecular weight excluding hydrogens is 272 g/mol. The Hall–Kier alpha value is 0.0169. The van der Waals surface area contributed by atoms with E-state index in [4.69, 9.17) is 24.7 Å². The summed E-state index contributed by atoms with van der Waals surface area (Å²) in [6.07, 6.45) is 0.929. The molecule has 0 heterocycles. The Kier molecular flexibility index (Phi) is 9.13. The zero-order valence-corrected chi connectivity index (χ0v) is 15.2. The van der Waals surface area contributed by atoms with Gasteiger partial charge in [0.2, 0.25) is 0 Å². The first-order chi connectivity index (χ1) is 9.08. The van der Waals surface area contributed by atoms with Gasteiger partial charge in [0, 0.05) is 36.4 Å². The molecule has 0 aromatic carbocycles. The van der Waals surface area contributed by atoms with Gasteiger partial charge in [-0.1, -0.05) is 0 Å². The molecule has 0 aliphatic carbocycles. The number of hydrogen-bond donors (Lipinski definition) is 2. The highest BCUT2D eigenvalue weighted by molar-refractivity contribution is 6.60. The second-order valence-electron chi connectivity index (χ2n) is 6.24. The third-order valence-corrected chi connectivity index (χ3v) is 6.10. The van der Waals surface area contributed by atoms with Crippen molar-refractivity contribution in [3.05, 3.63) is 0 Å². The standard InChI is InChI=1S/C14H34N2O3Si/c1-10(2)17-20(18-11(3)4,19-12(5)6)9-8-14(16)13(7)15/h10-14H,8-9,15-16H2,1-7H3. The minimum absolute atomic E-state index is 0.0427. The van der Waals surface area contributed by atoms with Crippen LogP contribution in [0.4, 0.5) is 0 Å². The molecule has 0 radical (unpaired) electrons. The van der Waals surface area contributed by atoms with Crippen LogP contribution in [0.2, 0.25) is 6.04 Å². The smallest absolute Gasteiger partial charge is 0.371 e. The molecule has 0 aliphatic heterocycles. The van der Waals surface area contributed by atoms with Gasteiger partial charge in [-0.15, -0.1) is 0 Å². The molecule has 2 atom stereocenters. The largest absolute Gasteiger partial charge is 0.501 e. The van der Waals surface area contributed by atoms with E-state index in [-0.39, 0.29) is 30.4 Å². The van der Waals surface area contributed by atoms with Gasteiger partial charge in [0.25, 0.3) is 0 Å². The van der Waals surface area contributed by atoms with Gasteiger partial charge in [-0.25, -0.2) is 0 Å². The van der Waals surface area contributed by atoms with E-state index in [1.807, 2.05) is 48.5 Å². The van der Waals surface area contributed by atoms with Crippen LogP contribution in [0.15, 0.2) is 0 Å². The zero-order valence-electron chi connectivity index (χ0n) is 14.2. The summed E-state index contributed by atoms with van der Waals surface area (Å²) >= 11 is 0. The molecule has 0 fully saturated rings. The quantitative estimate of drug-likeness (QED) is 0.605. The molecule has 0 amide bonds. The van der Waals surface area contributed by atoms with E-state index >= 15 is 0 Å². The summed E-state index contributed by atoms with van der Waals surface area (Å²) in [6.45, 7) is 13.9. The summed E-state index contributed by atoms with van der Waals surface area (Å²) in [6, 6.07) is 0.590. The van der Waals surface area contributed by atoms with E-state index in [0.29, 0.717) is 6.04 Å². The predicted molar refractivity (Wildman–Crippen MR) is 85.5 cm³/mol. The average Bonchev–Trinajstić information content (AvgIpc) is 2.22. The lowest BCUT2D eigenvalue weighted by atomic mass is 10.1. The minimum Gasteiger partial charge on any atom is -0.371 e. The SMILES string of the molecule is CC(C)O[Si](CCC(N)C(C)N)(OC(C)C)OC(C)C. The highest BCUT2D eigenvalue weighted by atomic mass is 28.4. The van der Waals surface area contributed by atoms with Gasteiger partial charge in [-0.3, -0.25) is 0 Å². The maximum absolute atomic E-state index is 6.09. The summed E-state index contributed by atoms with van der Waals surface area (Å²) in [4.78, 5) is 0. The Bertz CT molecular complexity index is 234. The second kappa shape index (κ2) is 9.12. The molecule has 0 bridgehead atoms. The highest BCUT2D eigenvalue weighted by Crippen LogP contribution is 2.24. The van der Waals surface area contributed by atoms with Crippen LogP contribution in [0, 0.1) is 0 Å². The van der Waals surface area contributed by atoms with Gasteiger partial charge < -0.3 is 24.7 Å². The van der Waals surface area contributed by atoms with E-state index in [1.54, 1.807) is 0 Å². The van der Waals surface area contributed by atoms with Crippen molar-refractivity contribution < 1.29 is 13.3 Å². The fourth-order valence-electron chi connectivity index (χ4n) is 1.94. The van der Waals surface area contributed by atoms with E-state index in [9.17, 15) is 0 Å². The topological polar surface area (TPSA) is 79.7 Å². The third-order valence-electron chi connectivity index (χ3n) is 2.70. The van der Waals surface area contributed by atoms with Gasteiger partial charge in [0.05, 0.1) is 0 Å². The number of hydrogen-bond acceptors (Lipinski definition) is 5. The van der Waals surface area contributed by atoms with Crippen molar-refractivity contribution in [1.29, 1.82) is 0 Å². The lowest BCUT2D eigenvalue weighted by Crippen LogP contribution is -2.52. The zero-order chi connectivity index (χ0) is 15.9. The fraction of sp³-hybridized carbons (Fsp3) is 1.00. The van der Waals surface area contributed by atoms with Crippen LogP contribution >= 0.6 is 0 Å². The normalized spacial score (nSPS) is 16.2. The fourth-order valence-corrected chi connectivity index (χ4v) is 5.31. The molecule has 4 N–H and O–H groups in total. The van der Waals surface area contributed by atoms with E-state index in [2.05, 4.69) is 0 Å². The summed E-state index contributed by atoms with van der Waals surface area (Å²) in [5, 5.41) is 0. The Morgan fingerprint density at radius 2 is 1.10 bits per heavy atom. The Balaban J connectivity index is 4.94. The molecule has 0 saturated heterocycles. The first-order valence-electron chi connectivity index (χ1n) is 7.62. The molecular formula is C14H34N2O3Si. The van der Waals surface area contributed by atoms with E-state index in [1.165, 1.54) is 0 Å². The summed E-state index contributed by atoms with van der Waals surface area (Å²) in [5.41, 5.74) is 11.9. The molecule has 0 aromatic heterocycles. The summed E-state index contributed by atoms with van der Waals surface area (Å²) in [5.74, 6) is 0. The summed E-state index contributed by atoms with van der Waals surface area (Å²) < 4.78 is 18.3. The molecule has 122 valence electrons. The number of nitrogens with two attached hydrogens (primary N) is 2. The van der Waals surface area contributed by atoms with E-state index < -0.39 is 8.80 Å². The van der Waals surface area contributed by atoms with Crippen molar-refractivity contribution in [2.24, 2.45) is 11.5 Å². The van der Waals surface area contributed by atoms with Crippen LogP contribution in [0.25, 0.3) is 0 Å². The summed E-state index contributed by atoms with van der Waals surface area (Å²) in [7, 11) is -2.73.